The molecule has 24 heavy (non-hydrogen) atoms. The number of rotatable bonds is 6. The molecule has 0 spiro atoms. The topological polar surface area (TPSA) is 111 Å². The molecular weight excluding hydrogens is 429 g/mol. The smallest absolute Gasteiger partial charge is 0.407 e. The summed E-state index contributed by atoms with van der Waals surface area (Å²) in [6.45, 7) is 6.06. The fourth-order valence-electron chi connectivity index (χ4n) is 1.69. The Labute approximate surface area is 153 Å². The molecule has 0 atom stereocenters. The van der Waals surface area contributed by atoms with Crippen LogP contribution in [0.2, 0.25) is 0 Å². The van der Waals surface area contributed by atoms with Gasteiger partial charge in [0.2, 0.25) is 0 Å². The van der Waals surface area contributed by atoms with Gasteiger partial charge in [0, 0.05) is 28.8 Å². The highest BCUT2D eigenvalue weighted by Gasteiger charge is 2.16. The number of nitrogens with one attached hydrogen (secondary N) is 2. The molecule has 0 heterocycles. The van der Waals surface area contributed by atoms with Crippen LogP contribution in [0.1, 0.15) is 37.6 Å². The molecule has 1 aromatic carbocycles. The van der Waals surface area contributed by atoms with E-state index in [0.717, 1.165) is 0 Å². The molecule has 0 aliphatic carbocycles. The van der Waals surface area contributed by atoms with Crippen molar-refractivity contribution in [2.75, 3.05) is 13.1 Å². The summed E-state index contributed by atoms with van der Waals surface area (Å²) in [7, 11) is 0. The molecule has 132 valence electrons. The van der Waals surface area contributed by atoms with E-state index in [9.17, 15) is 19.7 Å². The van der Waals surface area contributed by atoms with Gasteiger partial charge in [-0.3, -0.25) is 14.9 Å². The summed E-state index contributed by atoms with van der Waals surface area (Å²) in [5.74, 6) is -0.313. The second-order valence-electron chi connectivity index (χ2n) is 5.96. The van der Waals surface area contributed by atoms with Crippen molar-refractivity contribution in [2.24, 2.45) is 0 Å². The zero-order valence-electron chi connectivity index (χ0n) is 13.7. The summed E-state index contributed by atoms with van der Waals surface area (Å²) in [4.78, 5) is 33.6. The van der Waals surface area contributed by atoms with Crippen molar-refractivity contribution in [3.05, 3.63) is 37.4 Å². The molecular formula is C15H20IN3O5. The molecule has 0 aliphatic heterocycles. The SMILES string of the molecule is CC(C)(C)OC(=O)NCCCNC(=O)c1ccc([N+](=O)[O-])cc1I. The fourth-order valence-corrected chi connectivity index (χ4v) is 2.44. The Hall–Kier alpha value is -1.91. The Bertz CT molecular complexity index is 628. The number of hydrogen-bond donors (Lipinski definition) is 2. The monoisotopic (exact) mass is 449 g/mol. The van der Waals surface area contributed by atoms with Crippen LogP contribution in [0.15, 0.2) is 18.2 Å². The first kappa shape index (κ1) is 20.1. The van der Waals surface area contributed by atoms with Crippen LogP contribution < -0.4 is 10.6 Å². The van der Waals surface area contributed by atoms with Gasteiger partial charge in [0.1, 0.15) is 5.60 Å². The van der Waals surface area contributed by atoms with Crippen molar-refractivity contribution in [3.8, 4) is 0 Å². The van der Waals surface area contributed by atoms with Crippen molar-refractivity contribution in [2.45, 2.75) is 32.8 Å². The number of alkyl carbamates (subject to hydrolysis) is 1. The molecule has 9 heteroatoms. The van der Waals surface area contributed by atoms with Crippen LogP contribution in [-0.4, -0.2) is 35.6 Å². The predicted octanol–water partition coefficient (Wildman–Crippen LogP) is 2.84. The Morgan fingerprint density at radius 2 is 1.88 bits per heavy atom. The third-order valence-electron chi connectivity index (χ3n) is 2.72. The summed E-state index contributed by atoms with van der Waals surface area (Å²) in [5, 5.41) is 16.0. The number of nitrogens with zero attached hydrogens (tertiary/aromatic N) is 1. The lowest BCUT2D eigenvalue weighted by molar-refractivity contribution is -0.384. The normalized spacial score (nSPS) is 10.8. The number of non-ortho nitro benzene ring substituents is 1. The van der Waals surface area contributed by atoms with Gasteiger partial charge in [0.25, 0.3) is 11.6 Å². The van der Waals surface area contributed by atoms with Gasteiger partial charge in [0.05, 0.1) is 10.5 Å². The molecule has 0 radical (unpaired) electrons. The number of nitro benzene ring substituents is 1. The number of benzene rings is 1. The van der Waals surface area contributed by atoms with Gasteiger partial charge in [-0.05, 0) is 55.8 Å². The summed E-state index contributed by atoms with van der Waals surface area (Å²) in [5.41, 5.74) is -0.232. The van der Waals surface area contributed by atoms with Crippen molar-refractivity contribution in [1.82, 2.24) is 10.6 Å². The van der Waals surface area contributed by atoms with E-state index in [1.807, 2.05) is 22.6 Å². The van der Waals surface area contributed by atoms with E-state index in [-0.39, 0.29) is 11.6 Å². The molecule has 0 saturated carbocycles. The molecule has 2 amide bonds. The molecule has 0 aromatic heterocycles. The first-order chi connectivity index (χ1) is 11.1. The van der Waals surface area contributed by atoms with E-state index in [4.69, 9.17) is 4.74 Å². The van der Waals surface area contributed by atoms with Gasteiger partial charge >= 0.3 is 6.09 Å². The maximum atomic E-state index is 12.0. The highest BCUT2D eigenvalue weighted by molar-refractivity contribution is 14.1. The van der Waals surface area contributed by atoms with Crippen molar-refractivity contribution in [3.63, 3.8) is 0 Å². The van der Waals surface area contributed by atoms with Crippen LogP contribution in [0, 0.1) is 13.7 Å². The van der Waals surface area contributed by atoms with E-state index in [1.165, 1.54) is 18.2 Å². The van der Waals surface area contributed by atoms with Gasteiger partial charge < -0.3 is 15.4 Å². The molecule has 1 rings (SSSR count). The van der Waals surface area contributed by atoms with E-state index >= 15 is 0 Å². The quantitative estimate of drug-likeness (QED) is 0.300. The molecule has 0 saturated heterocycles. The lowest BCUT2D eigenvalue weighted by Gasteiger charge is -2.19. The Morgan fingerprint density at radius 1 is 1.25 bits per heavy atom. The minimum atomic E-state index is -0.551. The van der Waals surface area contributed by atoms with Gasteiger partial charge in [-0.1, -0.05) is 0 Å². The number of hydrogen-bond acceptors (Lipinski definition) is 5. The first-order valence-electron chi connectivity index (χ1n) is 7.29. The van der Waals surface area contributed by atoms with Crippen LogP contribution in [0.5, 0.6) is 0 Å². The van der Waals surface area contributed by atoms with Crippen LogP contribution in [0.25, 0.3) is 0 Å². The standard InChI is InChI=1S/C15H20IN3O5/c1-15(2,3)24-14(21)18-8-4-7-17-13(20)11-6-5-10(19(22)23)9-12(11)16/h5-6,9H,4,7-8H2,1-3H3,(H,17,20)(H,18,21). The van der Waals surface area contributed by atoms with Crippen LogP contribution in [0.3, 0.4) is 0 Å². The lowest BCUT2D eigenvalue weighted by Crippen LogP contribution is -2.34. The minimum Gasteiger partial charge on any atom is -0.444 e. The zero-order chi connectivity index (χ0) is 18.3. The largest absolute Gasteiger partial charge is 0.444 e. The summed E-state index contributed by atoms with van der Waals surface area (Å²) in [6.07, 6.45) is 0.0351. The third-order valence-corrected chi connectivity index (χ3v) is 3.61. The molecule has 0 aliphatic rings. The number of nitro groups is 1. The molecule has 1 aromatic rings. The number of amides is 2. The molecule has 8 nitrogen and oxygen atoms in total. The highest BCUT2D eigenvalue weighted by atomic mass is 127. The van der Waals surface area contributed by atoms with Crippen LogP contribution in [-0.2, 0) is 4.74 Å². The van der Waals surface area contributed by atoms with Crippen LogP contribution in [0.4, 0.5) is 10.5 Å². The Kier molecular flexibility index (Phi) is 7.39. The third kappa shape index (κ3) is 7.11. The average Bonchev–Trinajstić information content (AvgIpc) is 2.44. The molecule has 2 N–H and O–H groups in total. The van der Waals surface area contributed by atoms with E-state index in [1.54, 1.807) is 20.8 Å². The summed E-state index contributed by atoms with van der Waals surface area (Å²) in [6, 6.07) is 4.06. The minimum absolute atomic E-state index is 0.0579. The average molecular weight is 449 g/mol. The first-order valence-corrected chi connectivity index (χ1v) is 8.37. The summed E-state index contributed by atoms with van der Waals surface area (Å²) >= 11 is 1.89. The van der Waals surface area contributed by atoms with E-state index in [0.29, 0.717) is 28.6 Å². The second-order valence-corrected chi connectivity index (χ2v) is 7.12. The van der Waals surface area contributed by atoms with Crippen molar-refractivity contribution >= 4 is 40.3 Å². The Balaban J connectivity index is 2.37. The molecule has 0 fully saturated rings. The molecule has 0 unspecified atom stereocenters. The van der Waals surface area contributed by atoms with Crippen LogP contribution >= 0.6 is 22.6 Å². The van der Waals surface area contributed by atoms with Gasteiger partial charge in [-0.25, -0.2) is 4.79 Å². The lowest BCUT2D eigenvalue weighted by atomic mass is 10.2. The van der Waals surface area contributed by atoms with Gasteiger partial charge in [-0.15, -0.1) is 0 Å². The van der Waals surface area contributed by atoms with Gasteiger partial charge in [-0.2, -0.15) is 0 Å². The van der Waals surface area contributed by atoms with E-state index < -0.39 is 16.6 Å². The maximum absolute atomic E-state index is 12.0. The second kappa shape index (κ2) is 8.81. The van der Waals surface area contributed by atoms with Crippen molar-refractivity contribution in [1.29, 1.82) is 0 Å². The number of ether oxygens (including phenoxy) is 1. The summed E-state index contributed by atoms with van der Waals surface area (Å²) < 4.78 is 5.59. The number of carbonyl (C=O) groups excluding carboxylic acids is 2. The highest BCUT2D eigenvalue weighted by Crippen LogP contribution is 2.19. The zero-order valence-corrected chi connectivity index (χ0v) is 15.9. The van der Waals surface area contributed by atoms with E-state index in [2.05, 4.69) is 10.6 Å². The number of carbonyl (C=O) groups is 2. The number of halogens is 1. The van der Waals surface area contributed by atoms with Crippen molar-refractivity contribution < 1.29 is 19.2 Å². The fraction of sp³-hybridized carbons (Fsp3) is 0.467. The maximum Gasteiger partial charge on any atom is 0.407 e. The predicted molar refractivity (Wildman–Crippen MR) is 97.0 cm³/mol. The molecule has 0 bridgehead atoms. The van der Waals surface area contributed by atoms with Gasteiger partial charge in [0.15, 0.2) is 0 Å². The Morgan fingerprint density at radius 3 is 2.42 bits per heavy atom.